The lowest BCUT2D eigenvalue weighted by atomic mass is 9.97. The molecule has 0 saturated carbocycles. The maximum absolute atomic E-state index is 13.1. The Hall–Kier alpha value is -2.85. The van der Waals surface area contributed by atoms with Crippen molar-refractivity contribution in [3.05, 3.63) is 99.8 Å². The van der Waals surface area contributed by atoms with Gasteiger partial charge in [0.1, 0.15) is 18.2 Å². The Kier molecular flexibility index (Phi) is 5.31. The van der Waals surface area contributed by atoms with Gasteiger partial charge in [-0.05, 0) is 42.3 Å². The molecule has 0 atom stereocenters. The number of hydrogen-bond acceptors (Lipinski definition) is 2. The molecule has 1 amide bonds. The number of benzene rings is 3. The molecule has 0 aromatic heterocycles. The Bertz CT molecular complexity index is 1000. The van der Waals surface area contributed by atoms with Gasteiger partial charge in [0, 0.05) is 34.8 Å². The average molecular weight is 396 g/mol. The van der Waals surface area contributed by atoms with Crippen molar-refractivity contribution in [2.45, 2.75) is 19.6 Å². The molecule has 0 fully saturated rings. The molecule has 3 aromatic rings. The van der Waals surface area contributed by atoms with Crippen LogP contribution in [0.2, 0.25) is 5.02 Å². The van der Waals surface area contributed by atoms with Gasteiger partial charge >= 0.3 is 0 Å². The van der Waals surface area contributed by atoms with Gasteiger partial charge in [-0.2, -0.15) is 0 Å². The molecule has 1 aliphatic rings. The smallest absolute Gasteiger partial charge is 0.254 e. The van der Waals surface area contributed by atoms with Crippen LogP contribution in [-0.4, -0.2) is 17.4 Å². The molecular formula is C23H19ClFNO2. The molecule has 142 valence electrons. The summed E-state index contributed by atoms with van der Waals surface area (Å²) in [5.74, 6) is 0.403. The molecule has 1 heterocycles. The molecule has 3 nitrogen and oxygen atoms in total. The van der Waals surface area contributed by atoms with Crippen molar-refractivity contribution < 1.29 is 13.9 Å². The van der Waals surface area contributed by atoms with Crippen LogP contribution in [0.1, 0.15) is 27.0 Å². The number of hydrogen-bond donors (Lipinski definition) is 0. The van der Waals surface area contributed by atoms with Crippen LogP contribution in [0.15, 0.2) is 66.7 Å². The minimum absolute atomic E-state index is 0.0335. The third-order valence-corrected chi connectivity index (χ3v) is 5.28. The fraction of sp³-hybridized carbons (Fsp3) is 0.174. The zero-order valence-electron chi connectivity index (χ0n) is 15.2. The number of rotatable bonds is 5. The van der Waals surface area contributed by atoms with Crippen LogP contribution in [0.5, 0.6) is 5.75 Å². The Morgan fingerprint density at radius 2 is 1.79 bits per heavy atom. The lowest BCUT2D eigenvalue weighted by molar-refractivity contribution is 0.0725. The molecule has 1 aliphatic heterocycles. The van der Waals surface area contributed by atoms with E-state index in [4.69, 9.17) is 16.3 Å². The molecule has 0 bridgehead atoms. The zero-order valence-corrected chi connectivity index (χ0v) is 16.0. The fourth-order valence-electron chi connectivity index (χ4n) is 3.41. The molecule has 5 heteroatoms. The number of fused-ring (bicyclic) bond motifs is 1. The highest BCUT2D eigenvalue weighted by Gasteiger charge is 2.26. The van der Waals surface area contributed by atoms with Gasteiger partial charge in [0.2, 0.25) is 0 Å². The van der Waals surface area contributed by atoms with Gasteiger partial charge in [0.15, 0.2) is 0 Å². The molecule has 0 spiro atoms. The first-order valence-corrected chi connectivity index (χ1v) is 9.51. The molecule has 28 heavy (non-hydrogen) atoms. The molecule has 4 rings (SSSR count). The lowest BCUT2D eigenvalue weighted by Crippen LogP contribution is -2.37. The van der Waals surface area contributed by atoms with E-state index in [0.29, 0.717) is 42.5 Å². The van der Waals surface area contributed by atoms with Crippen molar-refractivity contribution in [1.82, 2.24) is 4.90 Å². The number of ether oxygens (including phenoxy) is 1. The van der Waals surface area contributed by atoms with Crippen molar-refractivity contribution in [2.75, 3.05) is 6.54 Å². The SMILES string of the molecule is O=C1c2cccc(OCc3ccccc3Cl)c2CCN1Cc1ccc(F)cc1. The Labute approximate surface area is 168 Å². The van der Waals surface area contributed by atoms with Crippen LogP contribution >= 0.6 is 11.6 Å². The summed E-state index contributed by atoms with van der Waals surface area (Å²) in [7, 11) is 0. The van der Waals surface area contributed by atoms with E-state index in [1.165, 1.54) is 12.1 Å². The van der Waals surface area contributed by atoms with Crippen LogP contribution in [0.3, 0.4) is 0 Å². The van der Waals surface area contributed by atoms with E-state index < -0.39 is 0 Å². The van der Waals surface area contributed by atoms with Crippen LogP contribution in [0.4, 0.5) is 4.39 Å². The summed E-state index contributed by atoms with van der Waals surface area (Å²) >= 11 is 6.20. The van der Waals surface area contributed by atoms with Gasteiger partial charge in [-0.15, -0.1) is 0 Å². The Morgan fingerprint density at radius 1 is 1.00 bits per heavy atom. The van der Waals surface area contributed by atoms with Gasteiger partial charge in [0.05, 0.1) is 0 Å². The maximum atomic E-state index is 13.1. The van der Waals surface area contributed by atoms with Crippen LogP contribution in [-0.2, 0) is 19.6 Å². The number of halogens is 2. The fourth-order valence-corrected chi connectivity index (χ4v) is 3.60. The lowest BCUT2D eigenvalue weighted by Gasteiger charge is -2.29. The first-order chi connectivity index (χ1) is 13.6. The van der Waals surface area contributed by atoms with E-state index in [1.807, 2.05) is 42.5 Å². The molecule has 0 N–H and O–H groups in total. The first-order valence-electron chi connectivity index (χ1n) is 9.13. The standard InChI is InChI=1S/C23H19ClFNO2/c24-21-6-2-1-4-17(21)15-28-22-7-3-5-20-19(22)12-13-26(23(20)27)14-16-8-10-18(25)11-9-16/h1-11H,12-15H2. The van der Waals surface area contributed by atoms with Crippen molar-refractivity contribution in [2.24, 2.45) is 0 Å². The number of carbonyl (C=O) groups excluding carboxylic acids is 1. The highest BCUT2D eigenvalue weighted by atomic mass is 35.5. The third kappa shape index (κ3) is 3.87. The third-order valence-electron chi connectivity index (χ3n) is 4.91. The van der Waals surface area contributed by atoms with Gasteiger partial charge in [-0.25, -0.2) is 4.39 Å². The first kappa shape index (κ1) is 18.5. The highest BCUT2D eigenvalue weighted by Crippen LogP contribution is 2.30. The van der Waals surface area contributed by atoms with Crippen molar-refractivity contribution in [1.29, 1.82) is 0 Å². The second-order valence-corrected chi connectivity index (χ2v) is 7.17. The highest BCUT2D eigenvalue weighted by molar-refractivity contribution is 6.31. The maximum Gasteiger partial charge on any atom is 0.254 e. The topological polar surface area (TPSA) is 29.5 Å². The molecule has 3 aromatic carbocycles. The largest absolute Gasteiger partial charge is 0.489 e. The molecule has 0 saturated heterocycles. The second kappa shape index (κ2) is 8.03. The van der Waals surface area contributed by atoms with Crippen molar-refractivity contribution in [3.8, 4) is 5.75 Å². The molecule has 0 aliphatic carbocycles. The van der Waals surface area contributed by atoms with Crippen LogP contribution in [0, 0.1) is 5.82 Å². The van der Waals surface area contributed by atoms with Gasteiger partial charge < -0.3 is 9.64 Å². The summed E-state index contributed by atoms with van der Waals surface area (Å²) in [6.07, 6.45) is 0.709. The summed E-state index contributed by atoms with van der Waals surface area (Å²) in [6, 6.07) is 19.4. The summed E-state index contributed by atoms with van der Waals surface area (Å²) in [5.41, 5.74) is 3.39. The zero-order chi connectivity index (χ0) is 19.5. The second-order valence-electron chi connectivity index (χ2n) is 6.77. The predicted molar refractivity (Wildman–Crippen MR) is 107 cm³/mol. The minimum atomic E-state index is -0.278. The minimum Gasteiger partial charge on any atom is -0.489 e. The number of nitrogens with zero attached hydrogens (tertiary/aromatic N) is 1. The Morgan fingerprint density at radius 3 is 2.57 bits per heavy atom. The number of carbonyl (C=O) groups is 1. The van der Waals surface area contributed by atoms with Gasteiger partial charge in [0.25, 0.3) is 5.91 Å². The predicted octanol–water partition coefficient (Wildman–Crippen LogP) is 5.26. The molecule has 0 radical (unpaired) electrons. The Balaban J connectivity index is 1.51. The molecular weight excluding hydrogens is 377 g/mol. The normalized spacial score (nSPS) is 13.4. The quantitative estimate of drug-likeness (QED) is 0.590. The summed E-state index contributed by atoms with van der Waals surface area (Å²) in [4.78, 5) is 14.7. The summed E-state index contributed by atoms with van der Waals surface area (Å²) in [5, 5.41) is 0.661. The van der Waals surface area contributed by atoms with E-state index in [0.717, 1.165) is 16.7 Å². The van der Waals surface area contributed by atoms with Crippen LogP contribution in [0.25, 0.3) is 0 Å². The van der Waals surface area contributed by atoms with Crippen molar-refractivity contribution in [3.63, 3.8) is 0 Å². The van der Waals surface area contributed by atoms with E-state index >= 15 is 0 Å². The van der Waals surface area contributed by atoms with Gasteiger partial charge in [-0.1, -0.05) is 48.0 Å². The summed E-state index contributed by atoms with van der Waals surface area (Å²) < 4.78 is 19.1. The van der Waals surface area contributed by atoms with Crippen LogP contribution < -0.4 is 4.74 Å². The monoisotopic (exact) mass is 395 g/mol. The van der Waals surface area contributed by atoms with E-state index in [1.54, 1.807) is 17.0 Å². The van der Waals surface area contributed by atoms with E-state index in [-0.39, 0.29) is 11.7 Å². The number of amides is 1. The summed E-state index contributed by atoms with van der Waals surface area (Å²) in [6.45, 7) is 1.41. The average Bonchev–Trinajstić information content (AvgIpc) is 2.71. The van der Waals surface area contributed by atoms with Crippen molar-refractivity contribution >= 4 is 17.5 Å². The van der Waals surface area contributed by atoms with E-state index in [9.17, 15) is 9.18 Å². The van der Waals surface area contributed by atoms with Gasteiger partial charge in [-0.3, -0.25) is 4.79 Å². The van der Waals surface area contributed by atoms with E-state index in [2.05, 4.69) is 0 Å². The molecule has 0 unspecified atom stereocenters.